The second-order valence-corrected chi connectivity index (χ2v) is 8.45. The Kier molecular flexibility index (Phi) is 12.0. The van der Waals surface area contributed by atoms with Crippen LogP contribution >= 0.6 is 0 Å². The molecule has 0 aromatic carbocycles. The molecule has 2 amide bonds. The number of Topliss-reactive ketones (excluding diaryl/α,β-unsaturated/α-hetero) is 1. The van der Waals surface area contributed by atoms with Gasteiger partial charge in [0.15, 0.2) is 0 Å². The van der Waals surface area contributed by atoms with Crippen LogP contribution in [0.2, 0.25) is 0 Å². The van der Waals surface area contributed by atoms with Gasteiger partial charge in [-0.05, 0) is 39.0 Å². The Bertz CT molecular complexity index is 485. The lowest BCUT2D eigenvalue weighted by molar-refractivity contribution is -0.132. The Morgan fingerprint density at radius 1 is 0.964 bits per heavy atom. The van der Waals surface area contributed by atoms with E-state index in [1.165, 1.54) is 0 Å². The number of piperidine rings is 1. The van der Waals surface area contributed by atoms with Gasteiger partial charge >= 0.3 is 0 Å². The number of nitrogens with zero attached hydrogens (tertiary/aromatic N) is 1. The Morgan fingerprint density at radius 3 is 2.14 bits per heavy atom. The minimum Gasteiger partial charge on any atom is -0.352 e. The van der Waals surface area contributed by atoms with Crippen molar-refractivity contribution in [3.63, 3.8) is 0 Å². The van der Waals surface area contributed by atoms with Crippen LogP contribution in [0.15, 0.2) is 0 Å². The van der Waals surface area contributed by atoms with Gasteiger partial charge in [0.25, 0.3) is 0 Å². The van der Waals surface area contributed by atoms with Gasteiger partial charge in [-0.2, -0.15) is 0 Å². The number of hydrogen-bond donors (Lipinski definition) is 2. The van der Waals surface area contributed by atoms with E-state index in [4.69, 9.17) is 0 Å². The van der Waals surface area contributed by atoms with E-state index in [9.17, 15) is 14.4 Å². The number of amides is 2. The number of carbonyl (C=O) groups excluding carboxylic acids is 3. The van der Waals surface area contributed by atoms with Crippen LogP contribution in [-0.4, -0.2) is 54.2 Å². The molecule has 162 valence electrons. The molecule has 1 rings (SSSR count). The average molecular weight is 396 g/mol. The molecule has 6 heteroatoms. The molecule has 0 saturated carbocycles. The van der Waals surface area contributed by atoms with Crippen molar-refractivity contribution in [2.45, 2.75) is 97.6 Å². The summed E-state index contributed by atoms with van der Waals surface area (Å²) in [4.78, 5) is 37.8. The van der Waals surface area contributed by atoms with Crippen molar-refractivity contribution in [3.05, 3.63) is 0 Å². The molecule has 1 atom stereocenters. The first-order valence-corrected chi connectivity index (χ1v) is 11.2. The van der Waals surface area contributed by atoms with Gasteiger partial charge in [-0.15, -0.1) is 0 Å². The number of nitrogens with one attached hydrogen (secondary N) is 2. The fraction of sp³-hybridized carbons (Fsp3) is 0.864. The fourth-order valence-corrected chi connectivity index (χ4v) is 3.34. The second-order valence-electron chi connectivity index (χ2n) is 8.45. The molecule has 1 aliphatic rings. The van der Waals surface area contributed by atoms with Crippen LogP contribution in [0, 0.1) is 5.92 Å². The van der Waals surface area contributed by atoms with Crippen molar-refractivity contribution < 1.29 is 14.4 Å². The van der Waals surface area contributed by atoms with Crippen molar-refractivity contribution in [1.29, 1.82) is 0 Å². The van der Waals surface area contributed by atoms with Crippen molar-refractivity contribution in [3.8, 4) is 0 Å². The monoisotopic (exact) mass is 395 g/mol. The summed E-state index contributed by atoms with van der Waals surface area (Å²) in [5, 5.41) is 6.28. The van der Waals surface area contributed by atoms with E-state index in [1.54, 1.807) is 0 Å². The highest BCUT2D eigenvalue weighted by molar-refractivity contribution is 5.80. The number of carbonyl (C=O) groups is 3. The molecule has 0 aromatic heterocycles. The summed E-state index contributed by atoms with van der Waals surface area (Å²) < 4.78 is 0. The van der Waals surface area contributed by atoms with E-state index >= 15 is 0 Å². The normalized spacial score (nSPS) is 16.2. The minimum absolute atomic E-state index is 0.0426. The van der Waals surface area contributed by atoms with Gasteiger partial charge in [-0.3, -0.25) is 14.4 Å². The van der Waals surface area contributed by atoms with Crippen LogP contribution in [0.1, 0.15) is 85.5 Å². The molecule has 6 nitrogen and oxygen atoms in total. The summed E-state index contributed by atoms with van der Waals surface area (Å²) in [7, 11) is 0. The molecule has 0 aromatic rings. The van der Waals surface area contributed by atoms with Gasteiger partial charge in [-0.1, -0.05) is 33.6 Å². The number of hydrogen-bond acceptors (Lipinski definition) is 4. The zero-order valence-corrected chi connectivity index (χ0v) is 18.4. The van der Waals surface area contributed by atoms with Crippen LogP contribution in [0.25, 0.3) is 0 Å². The van der Waals surface area contributed by atoms with Gasteiger partial charge < -0.3 is 15.5 Å². The zero-order valence-electron chi connectivity index (χ0n) is 18.4. The number of ketones is 1. The van der Waals surface area contributed by atoms with Gasteiger partial charge in [0.05, 0.1) is 6.54 Å². The second kappa shape index (κ2) is 13.7. The van der Waals surface area contributed by atoms with E-state index in [-0.39, 0.29) is 23.8 Å². The molecule has 1 aliphatic heterocycles. The summed E-state index contributed by atoms with van der Waals surface area (Å²) in [5.74, 6) is 0.731. The Hall–Kier alpha value is -1.43. The largest absolute Gasteiger partial charge is 0.352 e. The van der Waals surface area contributed by atoms with Crippen LogP contribution in [0.5, 0.6) is 0 Å². The maximum Gasteiger partial charge on any atom is 0.234 e. The molecule has 0 spiro atoms. The third-order valence-electron chi connectivity index (χ3n) is 5.64. The first-order chi connectivity index (χ1) is 13.3. The van der Waals surface area contributed by atoms with Crippen molar-refractivity contribution in [2.75, 3.05) is 19.6 Å². The molecular formula is C22H41N3O3. The Labute approximate surface area is 171 Å². The van der Waals surface area contributed by atoms with Crippen LogP contribution in [0.3, 0.4) is 0 Å². The molecule has 28 heavy (non-hydrogen) atoms. The first kappa shape index (κ1) is 24.6. The number of likely N-dealkylation sites (tertiary alicyclic amines) is 1. The van der Waals surface area contributed by atoms with Crippen molar-refractivity contribution in [2.24, 2.45) is 5.92 Å². The van der Waals surface area contributed by atoms with Crippen LogP contribution in [0.4, 0.5) is 0 Å². The molecule has 1 unspecified atom stereocenters. The van der Waals surface area contributed by atoms with Crippen molar-refractivity contribution >= 4 is 17.6 Å². The van der Waals surface area contributed by atoms with Gasteiger partial charge in [0.1, 0.15) is 5.78 Å². The molecule has 1 heterocycles. The topological polar surface area (TPSA) is 78.5 Å². The Morgan fingerprint density at radius 2 is 1.57 bits per heavy atom. The van der Waals surface area contributed by atoms with E-state index in [0.717, 1.165) is 58.0 Å². The molecule has 2 N–H and O–H groups in total. The smallest absolute Gasteiger partial charge is 0.234 e. The summed E-state index contributed by atoms with van der Waals surface area (Å²) in [6.45, 7) is 9.87. The third kappa shape index (κ3) is 10.2. The van der Waals surface area contributed by atoms with Gasteiger partial charge in [0, 0.05) is 43.9 Å². The highest BCUT2D eigenvalue weighted by Gasteiger charge is 2.23. The third-order valence-corrected chi connectivity index (χ3v) is 5.64. The molecule has 0 bridgehead atoms. The first-order valence-electron chi connectivity index (χ1n) is 11.2. The summed E-state index contributed by atoms with van der Waals surface area (Å²) in [5.41, 5.74) is 0. The van der Waals surface area contributed by atoms with Gasteiger partial charge in [-0.25, -0.2) is 0 Å². The zero-order chi connectivity index (χ0) is 20.9. The highest BCUT2D eigenvalue weighted by Crippen LogP contribution is 2.14. The lowest BCUT2D eigenvalue weighted by atomic mass is 10.0. The Balaban J connectivity index is 2.10. The van der Waals surface area contributed by atoms with E-state index in [1.807, 2.05) is 18.7 Å². The predicted molar refractivity (Wildman–Crippen MR) is 113 cm³/mol. The lowest BCUT2D eigenvalue weighted by Gasteiger charge is -2.32. The van der Waals surface area contributed by atoms with Crippen LogP contribution < -0.4 is 10.6 Å². The number of rotatable bonds is 13. The summed E-state index contributed by atoms with van der Waals surface area (Å²) in [6.07, 6.45) is 7.78. The predicted octanol–water partition coefficient (Wildman–Crippen LogP) is 3.05. The molecule has 1 saturated heterocycles. The molecular weight excluding hydrogens is 354 g/mol. The van der Waals surface area contributed by atoms with E-state index in [2.05, 4.69) is 24.5 Å². The molecule has 1 fully saturated rings. The minimum atomic E-state index is 0.0426. The summed E-state index contributed by atoms with van der Waals surface area (Å²) in [6, 6.07) is 0.523. The van der Waals surface area contributed by atoms with E-state index < -0.39 is 0 Å². The lowest BCUT2D eigenvalue weighted by Crippen LogP contribution is -2.48. The maximum atomic E-state index is 12.3. The van der Waals surface area contributed by atoms with Crippen molar-refractivity contribution in [1.82, 2.24) is 15.5 Å². The quantitative estimate of drug-likeness (QED) is 0.470. The molecule has 0 aliphatic carbocycles. The SMILES string of the molecule is CCC(C)NCC(=O)NC1CCN(C(=O)CCCCCCC(=O)C(C)C)CC1. The number of unbranched alkanes of at least 4 members (excludes halogenated alkanes) is 3. The van der Waals surface area contributed by atoms with Gasteiger partial charge in [0.2, 0.25) is 11.8 Å². The average Bonchev–Trinajstić information content (AvgIpc) is 2.68. The van der Waals surface area contributed by atoms with Crippen LogP contribution in [-0.2, 0) is 14.4 Å². The highest BCUT2D eigenvalue weighted by atomic mass is 16.2. The van der Waals surface area contributed by atoms with E-state index in [0.29, 0.717) is 31.2 Å². The molecule has 0 radical (unpaired) electrons. The fourth-order valence-electron chi connectivity index (χ4n) is 3.34. The summed E-state index contributed by atoms with van der Waals surface area (Å²) >= 11 is 0. The standard InChI is InChI=1S/C22H41N3O3/c1-5-18(4)23-16-21(27)24-19-12-14-25(15-13-19)22(28)11-9-7-6-8-10-20(26)17(2)3/h17-19,23H,5-16H2,1-4H3,(H,24,27). The maximum absolute atomic E-state index is 12.3.